The number of hydrogen-bond acceptors (Lipinski definition) is 8. The molecular weight excluding hydrogens is 570 g/mol. The molecule has 9 nitrogen and oxygen atoms in total. The largest absolute Gasteiger partial charge is 0.457 e. The summed E-state index contributed by atoms with van der Waals surface area (Å²) in [5, 5.41) is 22.1. The number of piperidine rings is 2. The van der Waals surface area contributed by atoms with E-state index < -0.39 is 36.0 Å². The zero-order valence-corrected chi connectivity index (χ0v) is 27.5. The molecule has 248 valence electrons. The second-order valence-electron chi connectivity index (χ2n) is 13.4. The highest BCUT2D eigenvalue weighted by Gasteiger charge is 2.37. The number of cyclic esters (lactones) is 1. The van der Waals surface area contributed by atoms with Crippen molar-refractivity contribution in [2.24, 2.45) is 5.92 Å². The molecule has 0 aromatic carbocycles. The predicted molar refractivity (Wildman–Crippen MR) is 175 cm³/mol. The van der Waals surface area contributed by atoms with Crippen LogP contribution in [0, 0.1) is 5.92 Å². The Labute approximate surface area is 269 Å². The molecule has 4 heterocycles. The normalized spacial score (nSPS) is 30.8. The summed E-state index contributed by atoms with van der Waals surface area (Å²) in [7, 11) is 0. The number of nitrogens with zero attached hydrogens (tertiary/aromatic N) is 3. The lowest BCUT2D eigenvalue weighted by Crippen LogP contribution is -2.50. The SMILES string of the molecule is CC(=CC=C[C@@H](C)c1ccccn1)[C@H]1OC(=O)C[C@H](O)CC[C@@](C)(O)[C@@H](OC(=O)N2CCC(N3CCCCC3)CC2)C=C[C@@H]1C. The lowest BCUT2D eigenvalue weighted by molar-refractivity contribution is -0.151. The third kappa shape index (κ3) is 10.2. The predicted octanol–water partition coefficient (Wildman–Crippen LogP) is 5.54. The number of likely N-dealkylation sites (tertiary alicyclic amines) is 2. The minimum atomic E-state index is -1.44. The number of rotatable bonds is 6. The van der Waals surface area contributed by atoms with Crippen LogP contribution in [0.2, 0.25) is 0 Å². The van der Waals surface area contributed by atoms with Gasteiger partial charge in [-0.15, -0.1) is 0 Å². The molecule has 3 aliphatic heterocycles. The van der Waals surface area contributed by atoms with Crippen LogP contribution >= 0.6 is 0 Å². The van der Waals surface area contributed by atoms with E-state index in [0.717, 1.165) is 37.2 Å². The van der Waals surface area contributed by atoms with E-state index in [2.05, 4.69) is 16.8 Å². The van der Waals surface area contributed by atoms with E-state index in [1.807, 2.05) is 56.4 Å². The molecule has 2 saturated heterocycles. The Kier molecular flexibility index (Phi) is 12.8. The van der Waals surface area contributed by atoms with Gasteiger partial charge in [-0.1, -0.05) is 50.6 Å². The lowest BCUT2D eigenvalue weighted by Gasteiger charge is -2.40. The van der Waals surface area contributed by atoms with Crippen molar-refractivity contribution in [3.05, 3.63) is 66.0 Å². The van der Waals surface area contributed by atoms with Gasteiger partial charge in [-0.25, -0.2) is 4.79 Å². The van der Waals surface area contributed by atoms with E-state index in [9.17, 15) is 19.8 Å². The highest BCUT2D eigenvalue weighted by molar-refractivity contribution is 5.70. The average Bonchev–Trinajstić information content (AvgIpc) is 3.04. The molecule has 1 amide bonds. The smallest absolute Gasteiger partial charge is 0.410 e. The van der Waals surface area contributed by atoms with Crippen LogP contribution in [-0.4, -0.2) is 93.2 Å². The maximum atomic E-state index is 13.4. The van der Waals surface area contributed by atoms with Gasteiger partial charge < -0.3 is 29.5 Å². The zero-order valence-electron chi connectivity index (χ0n) is 27.5. The van der Waals surface area contributed by atoms with Crippen LogP contribution in [0.25, 0.3) is 0 Å². The summed E-state index contributed by atoms with van der Waals surface area (Å²) < 4.78 is 11.9. The van der Waals surface area contributed by atoms with E-state index in [4.69, 9.17) is 9.47 Å². The van der Waals surface area contributed by atoms with Crippen molar-refractivity contribution in [3.63, 3.8) is 0 Å². The number of amides is 1. The number of allylic oxidation sites excluding steroid dienone is 3. The second kappa shape index (κ2) is 16.5. The number of aliphatic hydroxyl groups excluding tert-OH is 1. The van der Waals surface area contributed by atoms with E-state index in [-0.39, 0.29) is 31.1 Å². The van der Waals surface area contributed by atoms with Crippen LogP contribution in [-0.2, 0) is 14.3 Å². The van der Waals surface area contributed by atoms with E-state index in [1.54, 1.807) is 24.1 Å². The van der Waals surface area contributed by atoms with Crippen LogP contribution in [0.5, 0.6) is 0 Å². The standard InChI is InChI=1S/C36H53N3O6/c1-26(31-13-6-7-20-37-31)11-10-12-27(2)34-28(3)14-15-32(36(4,43)19-16-30(40)25-33(41)45-34)44-35(42)39-23-17-29(18-24-39)38-21-8-5-9-22-38/h6-7,10-15,20,26,28-30,32,34,40,43H,5,8-9,16-19,21-25H2,1-4H3/t26-,28+,30-,32+,34-,36-/m1/s1. The first-order valence-corrected chi connectivity index (χ1v) is 16.8. The molecule has 3 aliphatic rings. The first kappa shape index (κ1) is 34.9. The number of carbonyl (C=O) groups excluding carboxylic acids is 2. The first-order valence-electron chi connectivity index (χ1n) is 16.8. The molecule has 1 aromatic rings. The fourth-order valence-corrected chi connectivity index (χ4v) is 6.54. The van der Waals surface area contributed by atoms with E-state index in [1.165, 1.54) is 19.3 Å². The molecule has 0 spiro atoms. The van der Waals surface area contributed by atoms with Crippen molar-refractivity contribution in [2.45, 2.75) is 115 Å². The summed E-state index contributed by atoms with van der Waals surface area (Å²) in [5.41, 5.74) is 0.349. The topological polar surface area (TPSA) is 112 Å². The first-order chi connectivity index (χ1) is 21.5. The molecule has 0 saturated carbocycles. The van der Waals surface area contributed by atoms with Gasteiger partial charge in [-0.2, -0.15) is 0 Å². The molecule has 45 heavy (non-hydrogen) atoms. The molecule has 2 N–H and O–H groups in total. The molecule has 9 heteroatoms. The van der Waals surface area contributed by atoms with Crippen LogP contribution in [0.15, 0.2) is 60.3 Å². The Morgan fingerprint density at radius 3 is 2.56 bits per heavy atom. The number of hydrogen-bond donors (Lipinski definition) is 2. The summed E-state index contributed by atoms with van der Waals surface area (Å²) in [4.78, 5) is 34.9. The number of ether oxygens (including phenoxy) is 2. The van der Waals surface area contributed by atoms with Crippen molar-refractivity contribution in [1.29, 1.82) is 0 Å². The molecule has 0 aliphatic carbocycles. The van der Waals surface area contributed by atoms with Crippen molar-refractivity contribution in [2.75, 3.05) is 26.2 Å². The Balaban J connectivity index is 1.46. The Hall–Kier alpha value is -3.01. The number of aromatic nitrogens is 1. The summed E-state index contributed by atoms with van der Waals surface area (Å²) in [6, 6.07) is 6.33. The van der Waals surface area contributed by atoms with Gasteiger partial charge in [-0.3, -0.25) is 9.78 Å². The van der Waals surface area contributed by atoms with E-state index >= 15 is 0 Å². The Morgan fingerprint density at radius 2 is 1.87 bits per heavy atom. The number of esters is 1. The fourth-order valence-electron chi connectivity index (χ4n) is 6.54. The molecule has 1 aromatic heterocycles. The maximum absolute atomic E-state index is 13.4. The quantitative estimate of drug-likeness (QED) is 0.241. The molecule has 4 rings (SSSR count). The van der Waals surface area contributed by atoms with Gasteiger partial charge >= 0.3 is 12.1 Å². The fraction of sp³-hybridized carbons (Fsp3) is 0.639. The van der Waals surface area contributed by atoms with Gasteiger partial charge in [0.05, 0.1) is 12.5 Å². The van der Waals surface area contributed by atoms with Crippen molar-refractivity contribution >= 4 is 12.1 Å². The summed E-state index contributed by atoms with van der Waals surface area (Å²) in [6.45, 7) is 11.0. The molecule has 0 bridgehead atoms. The maximum Gasteiger partial charge on any atom is 0.410 e. The third-order valence-electron chi connectivity index (χ3n) is 9.54. The molecular formula is C36H53N3O6. The Morgan fingerprint density at radius 1 is 1.13 bits per heavy atom. The minimum absolute atomic E-state index is 0.106. The van der Waals surface area contributed by atoms with Gasteiger partial charge in [-0.05, 0) is 89.2 Å². The van der Waals surface area contributed by atoms with Gasteiger partial charge in [0, 0.05) is 42.9 Å². The Bertz CT molecular complexity index is 1180. The third-order valence-corrected chi connectivity index (χ3v) is 9.54. The van der Waals surface area contributed by atoms with Gasteiger partial charge in [0.25, 0.3) is 0 Å². The van der Waals surface area contributed by atoms with Gasteiger partial charge in [0.15, 0.2) is 6.10 Å². The highest BCUT2D eigenvalue weighted by Crippen LogP contribution is 2.28. The summed E-state index contributed by atoms with van der Waals surface area (Å²) in [5.74, 6) is -0.682. The van der Waals surface area contributed by atoms with Crippen LogP contribution in [0.1, 0.15) is 90.7 Å². The number of pyridine rings is 1. The molecule has 2 fully saturated rings. The molecule has 0 radical (unpaired) electrons. The van der Waals surface area contributed by atoms with Crippen LogP contribution in [0.4, 0.5) is 4.79 Å². The average molecular weight is 624 g/mol. The van der Waals surface area contributed by atoms with Gasteiger partial charge in [0.2, 0.25) is 0 Å². The minimum Gasteiger partial charge on any atom is -0.457 e. The number of carbonyl (C=O) groups is 2. The van der Waals surface area contributed by atoms with E-state index in [0.29, 0.717) is 19.1 Å². The lowest BCUT2D eigenvalue weighted by atomic mass is 9.88. The molecule has 6 atom stereocenters. The van der Waals surface area contributed by atoms with Crippen LogP contribution in [0.3, 0.4) is 0 Å². The van der Waals surface area contributed by atoms with Crippen molar-refractivity contribution in [1.82, 2.24) is 14.8 Å². The summed E-state index contributed by atoms with van der Waals surface area (Å²) >= 11 is 0. The van der Waals surface area contributed by atoms with Crippen molar-refractivity contribution in [3.8, 4) is 0 Å². The highest BCUT2D eigenvalue weighted by atomic mass is 16.6. The molecule has 0 unspecified atom stereocenters. The second-order valence-corrected chi connectivity index (χ2v) is 13.4. The van der Waals surface area contributed by atoms with Gasteiger partial charge in [0.1, 0.15) is 11.7 Å². The van der Waals surface area contributed by atoms with Crippen LogP contribution < -0.4 is 0 Å². The van der Waals surface area contributed by atoms with Crippen molar-refractivity contribution < 1.29 is 29.3 Å². The zero-order chi connectivity index (χ0) is 32.4. The number of aliphatic hydroxyl groups is 2. The monoisotopic (exact) mass is 623 g/mol. The summed E-state index contributed by atoms with van der Waals surface area (Å²) in [6.07, 6.45) is 14.0.